The van der Waals surface area contributed by atoms with Gasteiger partial charge in [0.05, 0.1) is 0 Å². The summed E-state index contributed by atoms with van der Waals surface area (Å²) >= 11 is 0. The number of rotatable bonds is 20. The molecule has 0 amide bonds. The quantitative estimate of drug-likeness (QED) is 0.242. The summed E-state index contributed by atoms with van der Waals surface area (Å²) in [5, 5.41) is 3.88. The second-order valence-corrected chi connectivity index (χ2v) is 8.27. The molecule has 0 saturated heterocycles. The van der Waals surface area contributed by atoms with Gasteiger partial charge in [0.25, 0.3) is 0 Å². The molecule has 1 N–H and O–H groups in total. The fourth-order valence-electron chi connectivity index (χ4n) is 3.55. The second-order valence-electron chi connectivity index (χ2n) is 8.27. The lowest BCUT2D eigenvalue weighted by Gasteiger charge is -2.19. The largest absolute Gasteiger partial charge is 0.314 e. The molecule has 0 aliphatic heterocycles. The highest BCUT2D eigenvalue weighted by molar-refractivity contribution is 4.68. The van der Waals surface area contributed by atoms with Crippen LogP contribution < -0.4 is 5.32 Å². The van der Waals surface area contributed by atoms with E-state index in [-0.39, 0.29) is 0 Å². The van der Waals surface area contributed by atoms with E-state index in [0.29, 0.717) is 0 Å². The molecule has 1 atom stereocenters. The normalized spacial score (nSPS) is 12.8. The van der Waals surface area contributed by atoms with Gasteiger partial charge in [-0.2, -0.15) is 0 Å². The van der Waals surface area contributed by atoms with Crippen LogP contribution in [0.4, 0.5) is 0 Å². The van der Waals surface area contributed by atoms with Gasteiger partial charge in [-0.1, -0.05) is 90.9 Å². The van der Waals surface area contributed by atoms with E-state index in [0.717, 1.165) is 6.04 Å². The van der Waals surface area contributed by atoms with Gasteiger partial charge in [0.2, 0.25) is 0 Å². The van der Waals surface area contributed by atoms with E-state index in [1.807, 2.05) is 0 Å². The molecular formula is C23H50N2. The van der Waals surface area contributed by atoms with Crippen molar-refractivity contribution in [3.63, 3.8) is 0 Å². The van der Waals surface area contributed by atoms with Gasteiger partial charge in [0, 0.05) is 6.04 Å². The third kappa shape index (κ3) is 20.1. The number of nitrogens with one attached hydrogen (secondary N) is 1. The van der Waals surface area contributed by atoms with Gasteiger partial charge in [-0.3, -0.25) is 0 Å². The van der Waals surface area contributed by atoms with Gasteiger partial charge in [-0.05, 0) is 52.9 Å². The predicted octanol–water partition coefficient (Wildman–Crippen LogP) is 6.79. The highest BCUT2D eigenvalue weighted by atomic mass is 15.0. The first-order valence-corrected chi connectivity index (χ1v) is 11.6. The maximum atomic E-state index is 3.88. The van der Waals surface area contributed by atoms with Gasteiger partial charge in [-0.15, -0.1) is 0 Å². The number of unbranched alkanes of at least 4 members (excludes halogenated alkanes) is 11. The first kappa shape index (κ1) is 24.9. The zero-order valence-electron chi connectivity index (χ0n) is 18.3. The summed E-state index contributed by atoms with van der Waals surface area (Å²) in [7, 11) is 4.35. The van der Waals surface area contributed by atoms with E-state index in [2.05, 4.69) is 38.2 Å². The zero-order valence-corrected chi connectivity index (χ0v) is 18.3. The van der Waals surface area contributed by atoms with E-state index in [4.69, 9.17) is 0 Å². The smallest absolute Gasteiger partial charge is 0.00670 e. The Balaban J connectivity index is 3.78. The fraction of sp³-hybridized carbons (Fsp3) is 1.00. The Morgan fingerprint density at radius 3 is 1.56 bits per heavy atom. The lowest BCUT2D eigenvalue weighted by molar-refractivity contribution is 0.375. The van der Waals surface area contributed by atoms with Gasteiger partial charge < -0.3 is 10.2 Å². The summed E-state index contributed by atoms with van der Waals surface area (Å²) < 4.78 is 0. The average Bonchev–Trinajstić information content (AvgIpc) is 2.59. The zero-order chi connectivity index (χ0) is 18.6. The molecule has 0 aromatic heterocycles. The maximum Gasteiger partial charge on any atom is 0.00670 e. The van der Waals surface area contributed by atoms with Crippen molar-refractivity contribution < 1.29 is 0 Å². The van der Waals surface area contributed by atoms with Crippen LogP contribution >= 0.6 is 0 Å². The molecule has 0 rings (SSSR count). The molecule has 0 aromatic rings. The molecule has 2 heteroatoms. The van der Waals surface area contributed by atoms with Crippen LogP contribution in [0.1, 0.15) is 117 Å². The maximum absolute atomic E-state index is 3.88. The Kier molecular flexibility index (Phi) is 20.2. The van der Waals surface area contributed by atoms with Crippen LogP contribution in [0.25, 0.3) is 0 Å². The van der Waals surface area contributed by atoms with Crippen LogP contribution in [0.15, 0.2) is 0 Å². The van der Waals surface area contributed by atoms with Crippen LogP contribution in [0.2, 0.25) is 0 Å². The molecule has 0 aromatic carbocycles. The van der Waals surface area contributed by atoms with Crippen LogP contribution in [-0.2, 0) is 0 Å². The molecule has 152 valence electrons. The molecule has 0 saturated carbocycles. The van der Waals surface area contributed by atoms with Gasteiger partial charge in [0.15, 0.2) is 0 Å². The Morgan fingerprint density at radius 2 is 1.08 bits per heavy atom. The Morgan fingerprint density at radius 1 is 0.600 bits per heavy atom. The van der Waals surface area contributed by atoms with Crippen LogP contribution in [0.3, 0.4) is 0 Å². The molecular weight excluding hydrogens is 304 g/mol. The SMILES string of the molecule is CCCCCCCCCC(CCCCCCC)NCCCCN(C)C. The first-order valence-electron chi connectivity index (χ1n) is 11.6. The van der Waals surface area contributed by atoms with E-state index in [1.165, 1.54) is 116 Å². The van der Waals surface area contributed by atoms with Crippen molar-refractivity contribution in [3.05, 3.63) is 0 Å². The molecule has 1 unspecified atom stereocenters. The second kappa shape index (κ2) is 20.2. The van der Waals surface area contributed by atoms with Crippen molar-refractivity contribution in [2.24, 2.45) is 0 Å². The highest BCUT2D eigenvalue weighted by Gasteiger charge is 2.07. The van der Waals surface area contributed by atoms with E-state index in [1.54, 1.807) is 0 Å². The topological polar surface area (TPSA) is 15.3 Å². The lowest BCUT2D eigenvalue weighted by atomic mass is 10.00. The molecule has 2 nitrogen and oxygen atoms in total. The van der Waals surface area contributed by atoms with Crippen LogP contribution in [-0.4, -0.2) is 38.1 Å². The van der Waals surface area contributed by atoms with E-state index < -0.39 is 0 Å². The Bertz CT molecular complexity index is 240. The standard InChI is InChI=1S/C23H50N2/c1-5-7-9-11-12-14-16-20-23(19-15-13-10-8-6-2)24-21-17-18-22-25(3)4/h23-24H,5-22H2,1-4H3. The summed E-state index contributed by atoms with van der Waals surface area (Å²) in [4.78, 5) is 2.30. The van der Waals surface area contributed by atoms with Crippen molar-refractivity contribution in [2.75, 3.05) is 27.2 Å². The van der Waals surface area contributed by atoms with Gasteiger partial charge >= 0.3 is 0 Å². The van der Waals surface area contributed by atoms with Crippen molar-refractivity contribution in [3.8, 4) is 0 Å². The van der Waals surface area contributed by atoms with Crippen molar-refractivity contribution in [1.82, 2.24) is 10.2 Å². The molecule has 0 spiro atoms. The summed E-state index contributed by atoms with van der Waals surface area (Å²) in [5.74, 6) is 0. The fourth-order valence-corrected chi connectivity index (χ4v) is 3.55. The number of hydrogen-bond donors (Lipinski definition) is 1. The summed E-state index contributed by atoms with van der Waals surface area (Å²) in [6.07, 6.45) is 22.5. The summed E-state index contributed by atoms with van der Waals surface area (Å²) in [5.41, 5.74) is 0. The van der Waals surface area contributed by atoms with E-state index >= 15 is 0 Å². The van der Waals surface area contributed by atoms with Crippen LogP contribution in [0.5, 0.6) is 0 Å². The minimum atomic E-state index is 0.775. The molecule has 0 fully saturated rings. The highest BCUT2D eigenvalue weighted by Crippen LogP contribution is 2.14. The van der Waals surface area contributed by atoms with Crippen molar-refractivity contribution >= 4 is 0 Å². The molecule has 25 heavy (non-hydrogen) atoms. The lowest BCUT2D eigenvalue weighted by Crippen LogP contribution is -2.30. The first-order chi connectivity index (χ1) is 12.2. The van der Waals surface area contributed by atoms with Crippen molar-refractivity contribution in [2.45, 2.75) is 123 Å². The van der Waals surface area contributed by atoms with Gasteiger partial charge in [-0.25, -0.2) is 0 Å². The molecule has 0 radical (unpaired) electrons. The van der Waals surface area contributed by atoms with Gasteiger partial charge in [0.1, 0.15) is 0 Å². The molecule has 0 heterocycles. The van der Waals surface area contributed by atoms with Crippen LogP contribution in [0, 0.1) is 0 Å². The predicted molar refractivity (Wildman–Crippen MR) is 116 cm³/mol. The molecule has 0 bridgehead atoms. The minimum Gasteiger partial charge on any atom is -0.314 e. The third-order valence-corrected chi connectivity index (χ3v) is 5.28. The summed E-state index contributed by atoms with van der Waals surface area (Å²) in [6, 6.07) is 0.775. The summed E-state index contributed by atoms with van der Waals surface area (Å²) in [6.45, 7) is 7.04. The Hall–Kier alpha value is -0.0800. The minimum absolute atomic E-state index is 0.775. The monoisotopic (exact) mass is 354 g/mol. The van der Waals surface area contributed by atoms with E-state index in [9.17, 15) is 0 Å². The average molecular weight is 355 g/mol. The number of hydrogen-bond acceptors (Lipinski definition) is 2. The number of nitrogens with zero attached hydrogens (tertiary/aromatic N) is 1. The third-order valence-electron chi connectivity index (χ3n) is 5.28. The molecule has 0 aliphatic rings. The molecule has 0 aliphatic carbocycles. The Labute approximate surface area is 160 Å². The van der Waals surface area contributed by atoms with Crippen molar-refractivity contribution in [1.29, 1.82) is 0 Å².